The number of hydrogen-bond donors (Lipinski definition) is 4. The fourth-order valence-corrected chi connectivity index (χ4v) is 4.05. The van der Waals surface area contributed by atoms with Crippen LogP contribution in [0.15, 0.2) is 24.4 Å². The first-order valence-corrected chi connectivity index (χ1v) is 10.4. The number of nitrogens with one attached hydrogen (secondary N) is 1. The van der Waals surface area contributed by atoms with E-state index in [-0.39, 0.29) is 0 Å². The van der Waals surface area contributed by atoms with E-state index in [1.165, 1.54) is 5.56 Å². The summed E-state index contributed by atoms with van der Waals surface area (Å²) in [6, 6.07) is 6.69. The molecule has 0 spiro atoms. The second kappa shape index (κ2) is 9.02. The smallest absolute Gasteiger partial charge is 0.229 e. The molecule has 0 aliphatic carbocycles. The van der Waals surface area contributed by atoms with Crippen molar-refractivity contribution in [1.82, 2.24) is 9.88 Å². The van der Waals surface area contributed by atoms with Crippen molar-refractivity contribution in [2.75, 3.05) is 6.54 Å². The molecule has 2 heterocycles. The van der Waals surface area contributed by atoms with Gasteiger partial charge in [0.05, 0.1) is 6.10 Å². The van der Waals surface area contributed by atoms with Gasteiger partial charge in [-0.1, -0.05) is 0 Å². The van der Waals surface area contributed by atoms with Crippen LogP contribution in [0.25, 0.3) is 10.9 Å². The van der Waals surface area contributed by atoms with Gasteiger partial charge in [0.25, 0.3) is 0 Å². The fraction of sp³-hybridized carbons (Fsp3) is 0.636. The summed E-state index contributed by atoms with van der Waals surface area (Å²) in [5.41, 5.74) is 2.19. The molecule has 7 heteroatoms. The lowest BCUT2D eigenvalue weighted by atomic mass is 10.00. The van der Waals surface area contributed by atoms with Crippen molar-refractivity contribution in [1.29, 1.82) is 0 Å². The number of aromatic nitrogens is 1. The van der Waals surface area contributed by atoms with Crippen LogP contribution in [0.5, 0.6) is 5.75 Å². The summed E-state index contributed by atoms with van der Waals surface area (Å²) >= 11 is 0. The lowest BCUT2D eigenvalue weighted by Gasteiger charge is -2.38. The quantitative estimate of drug-likeness (QED) is 0.562. The van der Waals surface area contributed by atoms with Crippen LogP contribution in [-0.2, 0) is 11.2 Å². The van der Waals surface area contributed by atoms with Crippen molar-refractivity contribution in [2.45, 2.75) is 83.8 Å². The molecule has 0 saturated carbocycles. The topological polar surface area (TPSA) is 98.2 Å². The van der Waals surface area contributed by atoms with Gasteiger partial charge in [0.1, 0.15) is 24.1 Å². The maximum absolute atomic E-state index is 10.1. The zero-order valence-electron chi connectivity index (χ0n) is 17.9. The summed E-state index contributed by atoms with van der Waals surface area (Å²) < 4.78 is 11.3. The predicted octanol–water partition coefficient (Wildman–Crippen LogP) is 2.04. The van der Waals surface area contributed by atoms with Crippen LogP contribution in [0.4, 0.5) is 0 Å². The second-order valence-corrected chi connectivity index (χ2v) is 8.50. The van der Waals surface area contributed by atoms with Gasteiger partial charge in [-0.05, 0) is 58.7 Å². The molecular formula is C22H34N2O5. The number of benzene rings is 1. The number of rotatable bonds is 7. The third kappa shape index (κ3) is 4.75. The number of aromatic amines is 1. The monoisotopic (exact) mass is 406 g/mol. The van der Waals surface area contributed by atoms with E-state index < -0.39 is 30.7 Å². The Morgan fingerprint density at radius 3 is 2.41 bits per heavy atom. The van der Waals surface area contributed by atoms with Gasteiger partial charge in [0.2, 0.25) is 6.29 Å². The molecular weight excluding hydrogens is 372 g/mol. The lowest BCUT2D eigenvalue weighted by molar-refractivity contribution is -0.268. The van der Waals surface area contributed by atoms with Crippen LogP contribution < -0.4 is 4.74 Å². The van der Waals surface area contributed by atoms with Gasteiger partial charge in [-0.25, -0.2) is 0 Å². The Labute approximate surface area is 172 Å². The van der Waals surface area contributed by atoms with E-state index in [0.29, 0.717) is 17.8 Å². The molecule has 0 bridgehead atoms. The summed E-state index contributed by atoms with van der Waals surface area (Å²) in [6.45, 7) is 11.5. The fourth-order valence-electron chi connectivity index (χ4n) is 4.05. The van der Waals surface area contributed by atoms with Crippen LogP contribution >= 0.6 is 0 Å². The first kappa shape index (κ1) is 22.1. The summed E-state index contributed by atoms with van der Waals surface area (Å²) in [5, 5.41) is 31.0. The van der Waals surface area contributed by atoms with Crippen molar-refractivity contribution in [2.24, 2.45) is 0 Å². The molecule has 1 aromatic carbocycles. The van der Waals surface area contributed by atoms with E-state index in [0.717, 1.165) is 23.9 Å². The molecule has 0 radical (unpaired) electrons. The third-order valence-electron chi connectivity index (χ3n) is 5.77. The summed E-state index contributed by atoms with van der Waals surface area (Å²) in [7, 11) is 0. The summed E-state index contributed by atoms with van der Waals surface area (Å²) in [4.78, 5) is 5.76. The lowest BCUT2D eigenvalue weighted by Crippen LogP contribution is -2.58. The number of nitrogens with zero attached hydrogens (tertiary/aromatic N) is 1. The molecule has 1 saturated heterocycles. The molecule has 1 aliphatic heterocycles. The van der Waals surface area contributed by atoms with Crippen LogP contribution in [0.1, 0.15) is 40.2 Å². The zero-order chi connectivity index (χ0) is 21.3. The average Bonchev–Trinajstić information content (AvgIpc) is 3.06. The van der Waals surface area contributed by atoms with E-state index in [4.69, 9.17) is 9.47 Å². The van der Waals surface area contributed by atoms with Crippen molar-refractivity contribution in [3.05, 3.63) is 30.0 Å². The molecule has 3 rings (SSSR count). The minimum absolute atomic E-state index is 0.499. The zero-order valence-corrected chi connectivity index (χ0v) is 17.9. The van der Waals surface area contributed by atoms with Crippen molar-refractivity contribution < 1.29 is 24.8 Å². The Bertz CT molecular complexity index is 798. The number of fused-ring (bicyclic) bond motifs is 1. The molecule has 7 nitrogen and oxygen atoms in total. The minimum Gasteiger partial charge on any atom is -0.462 e. The Balaban J connectivity index is 1.70. The molecule has 162 valence electrons. The molecule has 4 N–H and O–H groups in total. The molecule has 2 aromatic rings. The first-order valence-electron chi connectivity index (χ1n) is 10.4. The highest BCUT2D eigenvalue weighted by atomic mass is 16.7. The van der Waals surface area contributed by atoms with Crippen molar-refractivity contribution >= 4 is 10.9 Å². The van der Waals surface area contributed by atoms with E-state index in [9.17, 15) is 15.3 Å². The summed E-state index contributed by atoms with van der Waals surface area (Å²) in [6.07, 6.45) is -2.48. The van der Waals surface area contributed by atoms with Crippen molar-refractivity contribution in [3.8, 4) is 5.75 Å². The SMILES string of the molecule is CC1OC(Oc2ccc3c(CCN(C(C)C)C(C)C)c[nH]c3c2)C(O)C(O)C1O. The van der Waals surface area contributed by atoms with E-state index in [1.807, 2.05) is 24.4 Å². The van der Waals surface area contributed by atoms with Gasteiger partial charge in [-0.3, -0.25) is 4.90 Å². The van der Waals surface area contributed by atoms with Crippen LogP contribution in [-0.4, -0.2) is 74.5 Å². The largest absolute Gasteiger partial charge is 0.462 e. The van der Waals surface area contributed by atoms with Gasteiger partial charge in [-0.2, -0.15) is 0 Å². The van der Waals surface area contributed by atoms with Crippen LogP contribution in [0.2, 0.25) is 0 Å². The molecule has 5 atom stereocenters. The maximum Gasteiger partial charge on any atom is 0.229 e. The Kier molecular flexibility index (Phi) is 6.86. The van der Waals surface area contributed by atoms with Gasteiger partial charge < -0.3 is 29.8 Å². The first-order chi connectivity index (χ1) is 13.7. The van der Waals surface area contributed by atoms with E-state index in [1.54, 1.807) is 6.92 Å². The second-order valence-electron chi connectivity index (χ2n) is 8.50. The van der Waals surface area contributed by atoms with Crippen LogP contribution in [0, 0.1) is 0 Å². The van der Waals surface area contributed by atoms with Gasteiger partial charge in [-0.15, -0.1) is 0 Å². The number of aliphatic hydroxyl groups excluding tert-OH is 3. The highest BCUT2D eigenvalue weighted by Gasteiger charge is 2.43. The normalized spacial score (nSPS) is 28.0. The molecule has 1 fully saturated rings. The third-order valence-corrected chi connectivity index (χ3v) is 5.77. The van der Waals surface area contributed by atoms with Crippen molar-refractivity contribution in [3.63, 3.8) is 0 Å². The molecule has 5 unspecified atom stereocenters. The Morgan fingerprint density at radius 2 is 1.76 bits per heavy atom. The molecule has 1 aliphatic rings. The van der Waals surface area contributed by atoms with Gasteiger partial charge >= 0.3 is 0 Å². The highest BCUT2D eigenvalue weighted by molar-refractivity contribution is 5.84. The van der Waals surface area contributed by atoms with Gasteiger partial charge in [0, 0.05) is 41.8 Å². The minimum atomic E-state index is -1.32. The van der Waals surface area contributed by atoms with Crippen LogP contribution in [0.3, 0.4) is 0 Å². The summed E-state index contributed by atoms with van der Waals surface area (Å²) in [5.74, 6) is 0.525. The Morgan fingerprint density at radius 1 is 1.07 bits per heavy atom. The van der Waals surface area contributed by atoms with E-state index >= 15 is 0 Å². The molecule has 0 amide bonds. The standard InChI is InChI=1S/C22H34N2O5/c1-12(2)24(13(3)4)9-8-15-11-23-18-10-16(6-7-17(15)18)29-22-21(27)20(26)19(25)14(5)28-22/h6-7,10-14,19-23,25-27H,8-9H2,1-5H3. The number of aliphatic hydroxyl groups is 3. The maximum atomic E-state index is 10.1. The number of ether oxygens (including phenoxy) is 2. The highest BCUT2D eigenvalue weighted by Crippen LogP contribution is 2.28. The molecule has 1 aromatic heterocycles. The Hall–Kier alpha value is -1.64. The molecule has 29 heavy (non-hydrogen) atoms. The average molecular weight is 407 g/mol. The number of hydrogen-bond acceptors (Lipinski definition) is 6. The van der Waals surface area contributed by atoms with E-state index in [2.05, 4.69) is 37.6 Å². The number of H-pyrrole nitrogens is 1. The predicted molar refractivity (Wildman–Crippen MR) is 112 cm³/mol. The van der Waals surface area contributed by atoms with Gasteiger partial charge in [0.15, 0.2) is 0 Å².